The fraction of sp³-hybridized carbons (Fsp3) is 0.200. The fourth-order valence-electron chi connectivity index (χ4n) is 2.29. The number of fused-ring (bicyclic) bond motifs is 1. The normalized spacial score (nSPS) is 13.2. The maximum Gasteiger partial charge on any atom is 0.255 e. The zero-order valence-electron chi connectivity index (χ0n) is 10.8. The van der Waals surface area contributed by atoms with Gasteiger partial charge in [0, 0.05) is 30.2 Å². The molecule has 1 aromatic carbocycles. The monoisotopic (exact) mass is 331 g/mol. The van der Waals surface area contributed by atoms with Gasteiger partial charge in [0.25, 0.3) is 5.91 Å². The van der Waals surface area contributed by atoms with Crippen LogP contribution in [0, 0.1) is 0 Å². The first-order chi connectivity index (χ1) is 9.74. The third-order valence-corrected chi connectivity index (χ3v) is 3.96. The molecular formula is C15H14BrN3O. The van der Waals surface area contributed by atoms with Crippen molar-refractivity contribution in [2.45, 2.75) is 12.8 Å². The highest BCUT2D eigenvalue weighted by Gasteiger charge is 2.13. The standard InChI is InChI=1S/C15H14BrN3O/c16-12-9-17-7-5-14(12)19-15(20)11-3-4-13-10(8-11)2-1-6-18-13/h3-5,7-9,18H,1-2,6H2,(H,17,19,20). The van der Waals surface area contributed by atoms with Crippen LogP contribution < -0.4 is 10.6 Å². The van der Waals surface area contributed by atoms with Crippen molar-refractivity contribution >= 4 is 33.2 Å². The number of aromatic nitrogens is 1. The minimum Gasteiger partial charge on any atom is -0.385 e. The molecule has 0 aliphatic carbocycles. The Bertz CT molecular complexity index is 657. The second-order valence-electron chi connectivity index (χ2n) is 4.71. The number of carbonyl (C=O) groups excluding carboxylic acids is 1. The predicted octanol–water partition coefficient (Wildman–Crippen LogP) is 3.45. The van der Waals surface area contributed by atoms with Crippen LogP contribution in [0.3, 0.4) is 0 Å². The molecule has 0 fully saturated rings. The highest BCUT2D eigenvalue weighted by Crippen LogP contribution is 2.24. The molecule has 0 saturated heterocycles. The topological polar surface area (TPSA) is 54.0 Å². The predicted molar refractivity (Wildman–Crippen MR) is 83.1 cm³/mol. The zero-order valence-corrected chi connectivity index (χ0v) is 12.4. The lowest BCUT2D eigenvalue weighted by atomic mass is 10.0. The Morgan fingerprint density at radius 2 is 2.25 bits per heavy atom. The van der Waals surface area contributed by atoms with Crippen LogP contribution in [0.4, 0.5) is 11.4 Å². The maximum atomic E-state index is 12.3. The number of hydrogen-bond acceptors (Lipinski definition) is 3. The molecule has 1 aliphatic heterocycles. The summed E-state index contributed by atoms with van der Waals surface area (Å²) in [5.41, 5.74) is 3.74. The minimum atomic E-state index is -0.106. The molecule has 1 aliphatic rings. The lowest BCUT2D eigenvalue weighted by Crippen LogP contribution is -2.15. The van der Waals surface area contributed by atoms with E-state index in [1.54, 1.807) is 18.5 Å². The number of benzene rings is 1. The van der Waals surface area contributed by atoms with Crippen LogP contribution in [0.25, 0.3) is 0 Å². The van der Waals surface area contributed by atoms with Gasteiger partial charge in [-0.1, -0.05) is 0 Å². The molecule has 2 aromatic rings. The molecule has 1 amide bonds. The third kappa shape index (κ3) is 2.67. The molecule has 0 bridgehead atoms. The first-order valence-corrected chi connectivity index (χ1v) is 7.31. The number of halogens is 1. The van der Waals surface area contributed by atoms with E-state index in [9.17, 15) is 4.79 Å². The van der Waals surface area contributed by atoms with Gasteiger partial charge < -0.3 is 10.6 Å². The van der Waals surface area contributed by atoms with Gasteiger partial charge in [0.05, 0.1) is 10.2 Å². The summed E-state index contributed by atoms with van der Waals surface area (Å²) < 4.78 is 0.771. The smallest absolute Gasteiger partial charge is 0.255 e. The van der Waals surface area contributed by atoms with Crippen LogP contribution in [0.5, 0.6) is 0 Å². The molecule has 2 heterocycles. The molecule has 102 valence electrons. The fourth-order valence-corrected chi connectivity index (χ4v) is 2.64. The molecule has 20 heavy (non-hydrogen) atoms. The average molecular weight is 332 g/mol. The van der Waals surface area contributed by atoms with Gasteiger partial charge in [0.1, 0.15) is 0 Å². The average Bonchev–Trinajstić information content (AvgIpc) is 2.49. The molecule has 2 N–H and O–H groups in total. The zero-order chi connectivity index (χ0) is 13.9. The molecule has 0 saturated carbocycles. The second kappa shape index (κ2) is 5.63. The number of rotatable bonds is 2. The largest absolute Gasteiger partial charge is 0.385 e. The summed E-state index contributed by atoms with van der Waals surface area (Å²) in [5, 5.41) is 6.23. The van der Waals surface area contributed by atoms with Crippen molar-refractivity contribution in [3.63, 3.8) is 0 Å². The lowest BCUT2D eigenvalue weighted by Gasteiger charge is -2.18. The van der Waals surface area contributed by atoms with Crippen molar-refractivity contribution in [2.75, 3.05) is 17.2 Å². The number of amides is 1. The molecular weight excluding hydrogens is 318 g/mol. The van der Waals surface area contributed by atoms with E-state index in [0.717, 1.165) is 35.2 Å². The van der Waals surface area contributed by atoms with E-state index in [1.807, 2.05) is 18.2 Å². The van der Waals surface area contributed by atoms with Crippen molar-refractivity contribution < 1.29 is 4.79 Å². The van der Waals surface area contributed by atoms with E-state index in [4.69, 9.17) is 0 Å². The SMILES string of the molecule is O=C(Nc1ccncc1Br)c1ccc2c(c1)CCCN2. The highest BCUT2D eigenvalue weighted by atomic mass is 79.9. The van der Waals surface area contributed by atoms with Gasteiger partial charge in [-0.05, 0) is 58.6 Å². The molecule has 0 unspecified atom stereocenters. The van der Waals surface area contributed by atoms with E-state index in [-0.39, 0.29) is 5.91 Å². The summed E-state index contributed by atoms with van der Waals surface area (Å²) in [7, 11) is 0. The number of anilines is 2. The molecule has 5 heteroatoms. The Morgan fingerprint density at radius 1 is 1.35 bits per heavy atom. The highest BCUT2D eigenvalue weighted by molar-refractivity contribution is 9.10. The van der Waals surface area contributed by atoms with Gasteiger partial charge in [-0.2, -0.15) is 0 Å². The maximum absolute atomic E-state index is 12.3. The minimum absolute atomic E-state index is 0.106. The van der Waals surface area contributed by atoms with Crippen LogP contribution in [0.1, 0.15) is 22.3 Å². The molecule has 4 nitrogen and oxygen atoms in total. The van der Waals surface area contributed by atoms with Gasteiger partial charge in [0.2, 0.25) is 0 Å². The quantitative estimate of drug-likeness (QED) is 0.886. The van der Waals surface area contributed by atoms with Gasteiger partial charge in [-0.3, -0.25) is 9.78 Å². The number of aryl methyl sites for hydroxylation is 1. The molecule has 0 atom stereocenters. The van der Waals surface area contributed by atoms with Gasteiger partial charge >= 0.3 is 0 Å². The number of nitrogens with zero attached hydrogens (tertiary/aromatic N) is 1. The first-order valence-electron chi connectivity index (χ1n) is 6.52. The lowest BCUT2D eigenvalue weighted by molar-refractivity contribution is 0.102. The van der Waals surface area contributed by atoms with Crippen LogP contribution in [-0.2, 0) is 6.42 Å². The van der Waals surface area contributed by atoms with Crippen LogP contribution in [0.15, 0.2) is 41.1 Å². The van der Waals surface area contributed by atoms with Crippen molar-refractivity contribution in [1.82, 2.24) is 4.98 Å². The van der Waals surface area contributed by atoms with Crippen LogP contribution in [-0.4, -0.2) is 17.4 Å². The molecule has 1 aromatic heterocycles. The summed E-state index contributed by atoms with van der Waals surface area (Å²) in [6.07, 6.45) is 5.43. The van der Waals surface area contributed by atoms with E-state index in [0.29, 0.717) is 5.56 Å². The first kappa shape index (κ1) is 13.1. The van der Waals surface area contributed by atoms with Gasteiger partial charge in [-0.15, -0.1) is 0 Å². The van der Waals surface area contributed by atoms with E-state index < -0.39 is 0 Å². The van der Waals surface area contributed by atoms with Crippen molar-refractivity contribution in [3.8, 4) is 0 Å². The Hall–Kier alpha value is -1.88. The summed E-state index contributed by atoms with van der Waals surface area (Å²) in [5.74, 6) is -0.106. The Balaban J connectivity index is 1.82. The number of nitrogens with one attached hydrogen (secondary N) is 2. The molecule has 0 radical (unpaired) electrons. The summed E-state index contributed by atoms with van der Waals surface area (Å²) in [6.45, 7) is 1.00. The van der Waals surface area contributed by atoms with Crippen molar-refractivity contribution in [2.24, 2.45) is 0 Å². The Labute approximate surface area is 125 Å². The number of pyridine rings is 1. The van der Waals surface area contributed by atoms with E-state index >= 15 is 0 Å². The van der Waals surface area contributed by atoms with E-state index in [2.05, 4.69) is 31.5 Å². The number of carbonyl (C=O) groups is 1. The molecule has 3 rings (SSSR count). The van der Waals surface area contributed by atoms with Crippen LogP contribution in [0.2, 0.25) is 0 Å². The number of hydrogen-bond donors (Lipinski definition) is 2. The third-order valence-electron chi connectivity index (χ3n) is 3.33. The van der Waals surface area contributed by atoms with Gasteiger partial charge in [0.15, 0.2) is 0 Å². The van der Waals surface area contributed by atoms with Crippen LogP contribution >= 0.6 is 15.9 Å². The van der Waals surface area contributed by atoms with Crippen molar-refractivity contribution in [1.29, 1.82) is 0 Å². The van der Waals surface area contributed by atoms with E-state index in [1.165, 1.54) is 5.56 Å². The second-order valence-corrected chi connectivity index (χ2v) is 5.57. The van der Waals surface area contributed by atoms with Gasteiger partial charge in [-0.25, -0.2) is 0 Å². The Kier molecular flexibility index (Phi) is 3.69. The summed E-state index contributed by atoms with van der Waals surface area (Å²) in [6, 6.07) is 7.56. The molecule has 0 spiro atoms. The summed E-state index contributed by atoms with van der Waals surface area (Å²) in [4.78, 5) is 16.3. The summed E-state index contributed by atoms with van der Waals surface area (Å²) >= 11 is 3.37. The Morgan fingerprint density at radius 3 is 3.10 bits per heavy atom. The van der Waals surface area contributed by atoms with Crippen molar-refractivity contribution in [3.05, 3.63) is 52.3 Å².